The van der Waals surface area contributed by atoms with Gasteiger partial charge in [0.2, 0.25) is 0 Å². The Bertz CT molecular complexity index is 769. The van der Waals surface area contributed by atoms with E-state index in [1.807, 2.05) is 31.2 Å². The standard InChI is InChI=1S/C15H15N5O/c1-10-3-5-11(6-4-10)12-9-13(18-17-12)15(21)16-14-7-8-20(2)19-14/h3-9H,1-2H3,(H,17,18)(H,16,19,21). The highest BCUT2D eigenvalue weighted by Gasteiger charge is 2.12. The van der Waals surface area contributed by atoms with Gasteiger partial charge in [0.15, 0.2) is 5.82 Å². The van der Waals surface area contributed by atoms with Crippen molar-refractivity contribution in [2.24, 2.45) is 7.05 Å². The molecule has 106 valence electrons. The molecule has 0 spiro atoms. The predicted octanol–water partition coefficient (Wildman–Crippen LogP) is 2.37. The van der Waals surface area contributed by atoms with E-state index in [1.54, 1.807) is 30.1 Å². The van der Waals surface area contributed by atoms with Gasteiger partial charge in [-0.05, 0) is 13.0 Å². The van der Waals surface area contributed by atoms with Crippen molar-refractivity contribution in [1.29, 1.82) is 0 Å². The van der Waals surface area contributed by atoms with Gasteiger partial charge in [-0.3, -0.25) is 14.6 Å². The molecule has 0 bridgehead atoms. The number of carbonyl (C=O) groups is 1. The molecule has 1 aromatic carbocycles. The van der Waals surface area contributed by atoms with Crippen molar-refractivity contribution >= 4 is 11.7 Å². The maximum absolute atomic E-state index is 12.1. The van der Waals surface area contributed by atoms with Crippen molar-refractivity contribution in [3.05, 3.63) is 53.9 Å². The summed E-state index contributed by atoms with van der Waals surface area (Å²) in [5, 5.41) is 13.7. The molecule has 0 aliphatic heterocycles. The Morgan fingerprint density at radius 2 is 2.00 bits per heavy atom. The first-order valence-corrected chi connectivity index (χ1v) is 6.55. The zero-order chi connectivity index (χ0) is 14.8. The highest BCUT2D eigenvalue weighted by atomic mass is 16.2. The first-order chi connectivity index (χ1) is 10.1. The second-order valence-corrected chi connectivity index (χ2v) is 4.86. The number of aromatic amines is 1. The number of amides is 1. The summed E-state index contributed by atoms with van der Waals surface area (Å²) in [5.41, 5.74) is 3.29. The van der Waals surface area contributed by atoms with Gasteiger partial charge in [0.1, 0.15) is 5.69 Å². The Kier molecular flexibility index (Phi) is 3.27. The molecule has 0 fully saturated rings. The van der Waals surface area contributed by atoms with Gasteiger partial charge in [0.05, 0.1) is 5.69 Å². The fourth-order valence-electron chi connectivity index (χ4n) is 1.98. The maximum Gasteiger partial charge on any atom is 0.274 e. The van der Waals surface area contributed by atoms with Gasteiger partial charge in [-0.1, -0.05) is 29.8 Å². The lowest BCUT2D eigenvalue weighted by atomic mass is 10.1. The quantitative estimate of drug-likeness (QED) is 0.774. The smallest absolute Gasteiger partial charge is 0.274 e. The van der Waals surface area contributed by atoms with Crippen LogP contribution in [0, 0.1) is 6.92 Å². The summed E-state index contributed by atoms with van der Waals surface area (Å²) in [6, 6.07) is 11.4. The topological polar surface area (TPSA) is 75.6 Å². The molecule has 0 aliphatic carbocycles. The van der Waals surface area contributed by atoms with E-state index in [9.17, 15) is 4.79 Å². The molecule has 3 rings (SSSR count). The highest BCUT2D eigenvalue weighted by molar-refractivity contribution is 6.02. The third kappa shape index (κ3) is 2.84. The average Bonchev–Trinajstić information content (AvgIpc) is 3.09. The number of hydrogen-bond donors (Lipinski definition) is 2. The lowest BCUT2D eigenvalue weighted by Gasteiger charge is -1.98. The van der Waals surface area contributed by atoms with Crippen molar-refractivity contribution in [1.82, 2.24) is 20.0 Å². The zero-order valence-corrected chi connectivity index (χ0v) is 11.8. The molecule has 2 aromatic heterocycles. The van der Waals surface area contributed by atoms with Gasteiger partial charge in [-0.2, -0.15) is 10.2 Å². The van der Waals surface area contributed by atoms with Crippen molar-refractivity contribution in [2.45, 2.75) is 6.92 Å². The third-order valence-electron chi connectivity index (χ3n) is 3.13. The van der Waals surface area contributed by atoms with Crippen molar-refractivity contribution < 1.29 is 4.79 Å². The lowest BCUT2D eigenvalue weighted by molar-refractivity contribution is 0.102. The Balaban J connectivity index is 1.78. The van der Waals surface area contributed by atoms with Crippen LogP contribution < -0.4 is 5.32 Å². The molecule has 6 nitrogen and oxygen atoms in total. The number of aryl methyl sites for hydroxylation is 2. The van der Waals surface area contributed by atoms with Crippen LogP contribution in [0.1, 0.15) is 16.1 Å². The van der Waals surface area contributed by atoms with Crippen LogP contribution in [0.3, 0.4) is 0 Å². The van der Waals surface area contributed by atoms with Crippen molar-refractivity contribution in [3.8, 4) is 11.3 Å². The number of aromatic nitrogens is 4. The molecule has 0 radical (unpaired) electrons. The van der Waals surface area contributed by atoms with E-state index >= 15 is 0 Å². The lowest BCUT2D eigenvalue weighted by Crippen LogP contribution is -2.12. The SMILES string of the molecule is Cc1ccc(-c2cc(C(=O)Nc3ccn(C)n3)[nH]n2)cc1. The van der Waals surface area contributed by atoms with Gasteiger partial charge in [0, 0.05) is 24.9 Å². The number of rotatable bonds is 3. The van der Waals surface area contributed by atoms with E-state index in [4.69, 9.17) is 0 Å². The first kappa shape index (κ1) is 13.1. The Labute approximate surface area is 121 Å². The van der Waals surface area contributed by atoms with Crippen LogP contribution in [-0.2, 0) is 7.05 Å². The zero-order valence-electron chi connectivity index (χ0n) is 11.8. The Morgan fingerprint density at radius 3 is 2.67 bits per heavy atom. The molecular formula is C15H15N5O. The van der Waals surface area contributed by atoms with Crippen LogP contribution in [0.5, 0.6) is 0 Å². The van der Waals surface area contributed by atoms with Gasteiger partial charge in [0.25, 0.3) is 5.91 Å². The van der Waals surface area contributed by atoms with Crippen molar-refractivity contribution in [2.75, 3.05) is 5.32 Å². The second-order valence-electron chi connectivity index (χ2n) is 4.86. The van der Waals surface area contributed by atoms with Gasteiger partial charge in [-0.15, -0.1) is 0 Å². The first-order valence-electron chi connectivity index (χ1n) is 6.55. The second kappa shape index (κ2) is 5.24. The number of nitrogens with zero attached hydrogens (tertiary/aromatic N) is 3. The monoisotopic (exact) mass is 281 g/mol. The summed E-state index contributed by atoms with van der Waals surface area (Å²) >= 11 is 0. The highest BCUT2D eigenvalue weighted by Crippen LogP contribution is 2.18. The molecule has 2 heterocycles. The third-order valence-corrected chi connectivity index (χ3v) is 3.13. The van der Waals surface area contributed by atoms with Crippen LogP contribution in [0.2, 0.25) is 0 Å². The number of anilines is 1. The minimum absolute atomic E-state index is 0.264. The largest absolute Gasteiger partial charge is 0.304 e. The fourth-order valence-corrected chi connectivity index (χ4v) is 1.98. The summed E-state index contributed by atoms with van der Waals surface area (Å²) in [4.78, 5) is 12.1. The molecule has 0 saturated carbocycles. The summed E-state index contributed by atoms with van der Waals surface area (Å²) in [6.45, 7) is 2.03. The van der Waals surface area contributed by atoms with Crippen LogP contribution in [0.4, 0.5) is 5.82 Å². The molecule has 0 saturated heterocycles. The Hall–Kier alpha value is -2.89. The fraction of sp³-hybridized carbons (Fsp3) is 0.133. The summed E-state index contributed by atoms with van der Waals surface area (Å²) < 4.78 is 1.63. The minimum atomic E-state index is -0.264. The van der Waals surface area contributed by atoms with Gasteiger partial charge < -0.3 is 5.32 Å². The predicted molar refractivity (Wildman–Crippen MR) is 79.9 cm³/mol. The van der Waals surface area contributed by atoms with E-state index < -0.39 is 0 Å². The molecule has 21 heavy (non-hydrogen) atoms. The number of H-pyrrole nitrogens is 1. The molecular weight excluding hydrogens is 266 g/mol. The normalized spacial score (nSPS) is 10.6. The van der Waals surface area contributed by atoms with Crippen LogP contribution >= 0.6 is 0 Å². The summed E-state index contributed by atoms with van der Waals surface area (Å²) in [6.07, 6.45) is 1.76. The number of nitrogens with one attached hydrogen (secondary N) is 2. The molecule has 0 atom stereocenters. The van der Waals surface area contributed by atoms with Crippen LogP contribution in [-0.4, -0.2) is 25.9 Å². The number of carbonyl (C=O) groups excluding carboxylic acids is 1. The summed E-state index contributed by atoms with van der Waals surface area (Å²) in [7, 11) is 1.79. The van der Waals surface area contributed by atoms with Crippen LogP contribution in [0.25, 0.3) is 11.3 Å². The van der Waals surface area contributed by atoms with E-state index in [1.165, 1.54) is 5.56 Å². The van der Waals surface area contributed by atoms with Crippen LogP contribution in [0.15, 0.2) is 42.6 Å². The number of benzene rings is 1. The van der Waals surface area contributed by atoms with Gasteiger partial charge >= 0.3 is 0 Å². The molecule has 2 N–H and O–H groups in total. The molecule has 0 unspecified atom stereocenters. The van der Waals surface area contributed by atoms with E-state index in [0.29, 0.717) is 11.5 Å². The minimum Gasteiger partial charge on any atom is -0.304 e. The van der Waals surface area contributed by atoms with Crippen molar-refractivity contribution in [3.63, 3.8) is 0 Å². The van der Waals surface area contributed by atoms with E-state index in [-0.39, 0.29) is 5.91 Å². The summed E-state index contributed by atoms with van der Waals surface area (Å²) in [5.74, 6) is 0.244. The molecule has 1 amide bonds. The molecule has 0 aliphatic rings. The van der Waals surface area contributed by atoms with E-state index in [2.05, 4.69) is 20.6 Å². The maximum atomic E-state index is 12.1. The molecule has 3 aromatic rings. The van der Waals surface area contributed by atoms with E-state index in [0.717, 1.165) is 11.3 Å². The van der Waals surface area contributed by atoms with Gasteiger partial charge in [-0.25, -0.2) is 0 Å². The Morgan fingerprint density at radius 1 is 1.24 bits per heavy atom. The average molecular weight is 281 g/mol. The number of hydrogen-bond acceptors (Lipinski definition) is 3. The molecule has 6 heteroatoms.